The number of halogens is 2. The molecule has 2 N–H and O–H groups in total. The molecule has 0 radical (unpaired) electrons. The second-order valence-corrected chi connectivity index (χ2v) is 6.75. The number of aromatic nitrogens is 3. The Balaban J connectivity index is 1.89. The summed E-state index contributed by atoms with van der Waals surface area (Å²) in [5.41, 5.74) is 3.10. The summed E-state index contributed by atoms with van der Waals surface area (Å²) in [7, 11) is 0. The van der Waals surface area contributed by atoms with Crippen molar-refractivity contribution in [3.8, 4) is 0 Å². The van der Waals surface area contributed by atoms with Crippen molar-refractivity contribution in [3.63, 3.8) is 0 Å². The number of carbonyl (C=O) groups is 1. The Kier molecular flexibility index (Phi) is 4.47. The third-order valence-electron chi connectivity index (χ3n) is 3.74. The first-order chi connectivity index (χ1) is 11.3. The molecular formula is C16H14BrClN4O2. The lowest BCUT2D eigenvalue weighted by Crippen LogP contribution is -2.18. The second kappa shape index (κ2) is 6.41. The van der Waals surface area contributed by atoms with Crippen LogP contribution in [0.1, 0.15) is 17.0 Å². The van der Waals surface area contributed by atoms with Crippen molar-refractivity contribution >= 4 is 44.8 Å². The second-order valence-electron chi connectivity index (χ2n) is 5.42. The van der Waals surface area contributed by atoms with E-state index in [4.69, 9.17) is 11.6 Å². The third kappa shape index (κ3) is 3.22. The third-order valence-corrected chi connectivity index (χ3v) is 4.55. The van der Waals surface area contributed by atoms with Crippen LogP contribution >= 0.6 is 27.5 Å². The largest absolute Gasteiger partial charge is 0.324 e. The highest BCUT2D eigenvalue weighted by Gasteiger charge is 2.15. The van der Waals surface area contributed by atoms with Gasteiger partial charge in [0, 0.05) is 27.5 Å². The van der Waals surface area contributed by atoms with Crippen LogP contribution < -0.4 is 10.9 Å². The summed E-state index contributed by atoms with van der Waals surface area (Å²) in [5.74, 6) is -0.207. The zero-order valence-electron chi connectivity index (χ0n) is 13.0. The van der Waals surface area contributed by atoms with E-state index >= 15 is 0 Å². The van der Waals surface area contributed by atoms with E-state index in [1.807, 2.05) is 13.8 Å². The number of aromatic amines is 1. The number of hydrogen-bond donors (Lipinski definition) is 2. The first kappa shape index (κ1) is 16.7. The lowest BCUT2D eigenvalue weighted by atomic mass is 10.1. The summed E-state index contributed by atoms with van der Waals surface area (Å²) in [4.78, 5) is 28.2. The summed E-state index contributed by atoms with van der Waals surface area (Å²) < 4.78 is 2.42. The number of fused-ring (bicyclic) bond motifs is 1. The van der Waals surface area contributed by atoms with Gasteiger partial charge >= 0.3 is 0 Å². The van der Waals surface area contributed by atoms with E-state index in [0.717, 1.165) is 15.7 Å². The van der Waals surface area contributed by atoms with Gasteiger partial charge in [0.15, 0.2) is 5.65 Å². The van der Waals surface area contributed by atoms with Gasteiger partial charge in [0.25, 0.3) is 5.56 Å². The van der Waals surface area contributed by atoms with E-state index < -0.39 is 0 Å². The zero-order chi connectivity index (χ0) is 17.4. The average molecular weight is 410 g/mol. The highest BCUT2D eigenvalue weighted by molar-refractivity contribution is 9.10. The lowest BCUT2D eigenvalue weighted by molar-refractivity contribution is -0.115. The number of carbonyl (C=O) groups excluding carboxylic acids is 1. The number of nitrogens with one attached hydrogen (secondary N) is 2. The lowest BCUT2D eigenvalue weighted by Gasteiger charge is -2.12. The van der Waals surface area contributed by atoms with Crippen LogP contribution in [0.15, 0.2) is 33.5 Å². The van der Waals surface area contributed by atoms with Gasteiger partial charge in [-0.25, -0.2) is 9.50 Å². The number of rotatable bonds is 3. The van der Waals surface area contributed by atoms with E-state index in [0.29, 0.717) is 22.1 Å². The summed E-state index contributed by atoms with van der Waals surface area (Å²) in [6.45, 7) is 3.66. The van der Waals surface area contributed by atoms with Crippen molar-refractivity contribution in [1.29, 1.82) is 0 Å². The van der Waals surface area contributed by atoms with Crippen LogP contribution in [0.5, 0.6) is 0 Å². The van der Waals surface area contributed by atoms with Gasteiger partial charge < -0.3 is 5.32 Å². The van der Waals surface area contributed by atoms with Crippen molar-refractivity contribution in [1.82, 2.24) is 14.6 Å². The van der Waals surface area contributed by atoms with Gasteiger partial charge in [-0.15, -0.1) is 0 Å². The van der Waals surface area contributed by atoms with Crippen LogP contribution in [0.2, 0.25) is 5.02 Å². The fraction of sp³-hybridized carbons (Fsp3) is 0.188. The standard InChI is InChI=1S/C16H14BrClN4O2/c1-8-11(9(2)22-14(19-8)7-16(24)21-22)6-15(23)20-13-4-3-10(17)5-12(13)18/h3-5,7H,6H2,1-2H3,(H,20,23)(H,21,24). The summed E-state index contributed by atoms with van der Waals surface area (Å²) >= 11 is 9.44. The SMILES string of the molecule is Cc1nc2cc(=O)[nH]n2c(C)c1CC(=O)Nc1ccc(Br)cc1Cl. The van der Waals surface area contributed by atoms with Gasteiger partial charge in [-0.3, -0.25) is 14.7 Å². The quantitative estimate of drug-likeness (QED) is 0.697. The number of aryl methyl sites for hydroxylation is 2. The molecule has 0 unspecified atom stereocenters. The van der Waals surface area contributed by atoms with Crippen molar-refractivity contribution in [2.24, 2.45) is 0 Å². The number of hydrogen-bond acceptors (Lipinski definition) is 3. The van der Waals surface area contributed by atoms with Crippen molar-refractivity contribution in [2.45, 2.75) is 20.3 Å². The number of benzene rings is 1. The molecule has 1 aromatic carbocycles. The van der Waals surface area contributed by atoms with Crippen molar-refractivity contribution in [3.05, 3.63) is 61.1 Å². The maximum atomic E-state index is 12.4. The Labute approximate surface area is 151 Å². The van der Waals surface area contributed by atoms with E-state index in [-0.39, 0.29) is 17.9 Å². The smallest absolute Gasteiger partial charge is 0.266 e. The molecule has 0 saturated heterocycles. The van der Waals surface area contributed by atoms with E-state index in [1.165, 1.54) is 6.07 Å². The molecule has 124 valence electrons. The molecule has 0 aliphatic heterocycles. The van der Waals surface area contributed by atoms with Gasteiger partial charge in [-0.1, -0.05) is 27.5 Å². The summed E-state index contributed by atoms with van der Waals surface area (Å²) in [5, 5.41) is 5.92. The minimum absolute atomic E-state index is 0.132. The summed E-state index contributed by atoms with van der Waals surface area (Å²) in [6, 6.07) is 6.67. The minimum Gasteiger partial charge on any atom is -0.324 e. The maximum absolute atomic E-state index is 12.4. The monoisotopic (exact) mass is 408 g/mol. The molecule has 8 heteroatoms. The Hall–Kier alpha value is -2.12. The predicted octanol–water partition coefficient (Wildman–Crippen LogP) is 3.24. The molecule has 0 spiro atoms. The van der Waals surface area contributed by atoms with Crippen LogP contribution in [-0.4, -0.2) is 20.5 Å². The highest BCUT2D eigenvalue weighted by Crippen LogP contribution is 2.26. The molecule has 6 nitrogen and oxygen atoms in total. The Morgan fingerprint density at radius 2 is 2.12 bits per heavy atom. The van der Waals surface area contributed by atoms with Gasteiger partial charge in [-0.2, -0.15) is 0 Å². The van der Waals surface area contributed by atoms with Crippen LogP contribution in [0.3, 0.4) is 0 Å². The number of anilines is 1. The molecular weight excluding hydrogens is 396 g/mol. The van der Waals surface area contributed by atoms with E-state index in [1.54, 1.807) is 22.7 Å². The molecule has 0 bridgehead atoms. The molecule has 0 saturated carbocycles. The Morgan fingerprint density at radius 1 is 1.38 bits per heavy atom. The molecule has 1 amide bonds. The molecule has 2 heterocycles. The van der Waals surface area contributed by atoms with E-state index in [9.17, 15) is 9.59 Å². The van der Waals surface area contributed by atoms with Gasteiger partial charge in [0.05, 0.1) is 17.1 Å². The van der Waals surface area contributed by atoms with Gasteiger partial charge in [0.2, 0.25) is 5.91 Å². The molecule has 0 atom stereocenters. The van der Waals surface area contributed by atoms with Crippen molar-refractivity contribution < 1.29 is 4.79 Å². The molecule has 24 heavy (non-hydrogen) atoms. The minimum atomic E-state index is -0.228. The Morgan fingerprint density at radius 3 is 2.83 bits per heavy atom. The highest BCUT2D eigenvalue weighted by atomic mass is 79.9. The van der Waals surface area contributed by atoms with Crippen molar-refractivity contribution in [2.75, 3.05) is 5.32 Å². The van der Waals surface area contributed by atoms with Crippen LogP contribution in [-0.2, 0) is 11.2 Å². The number of nitrogens with zero attached hydrogens (tertiary/aromatic N) is 2. The van der Waals surface area contributed by atoms with Crippen LogP contribution in [0.25, 0.3) is 5.65 Å². The zero-order valence-corrected chi connectivity index (χ0v) is 15.3. The van der Waals surface area contributed by atoms with Crippen LogP contribution in [0.4, 0.5) is 5.69 Å². The molecule has 0 fully saturated rings. The molecule has 2 aromatic heterocycles. The molecule has 3 aromatic rings. The fourth-order valence-corrected chi connectivity index (χ4v) is 3.28. The Bertz CT molecular complexity index is 1010. The molecule has 3 rings (SSSR count). The van der Waals surface area contributed by atoms with Gasteiger partial charge in [0.1, 0.15) is 0 Å². The predicted molar refractivity (Wildman–Crippen MR) is 96.8 cm³/mol. The molecule has 0 aliphatic carbocycles. The molecule has 0 aliphatic rings. The first-order valence-electron chi connectivity index (χ1n) is 7.18. The normalized spacial score (nSPS) is 11.0. The maximum Gasteiger partial charge on any atom is 0.266 e. The van der Waals surface area contributed by atoms with E-state index in [2.05, 4.69) is 31.3 Å². The van der Waals surface area contributed by atoms with Gasteiger partial charge in [-0.05, 0) is 32.0 Å². The first-order valence-corrected chi connectivity index (χ1v) is 8.35. The van der Waals surface area contributed by atoms with Crippen LogP contribution in [0, 0.1) is 13.8 Å². The number of H-pyrrole nitrogens is 1. The topological polar surface area (TPSA) is 79.3 Å². The average Bonchev–Trinajstić information content (AvgIpc) is 2.87. The summed E-state index contributed by atoms with van der Waals surface area (Å²) in [6.07, 6.45) is 0.132. The number of amides is 1. The fourth-order valence-electron chi connectivity index (χ4n) is 2.56.